The van der Waals surface area contributed by atoms with Crippen molar-refractivity contribution in [3.05, 3.63) is 99.3 Å². The van der Waals surface area contributed by atoms with Crippen molar-refractivity contribution in [2.24, 2.45) is 10.8 Å². The fourth-order valence-electron chi connectivity index (χ4n) is 8.39. The number of fused-ring (bicyclic) bond motifs is 3. The van der Waals surface area contributed by atoms with Gasteiger partial charge in [0.2, 0.25) is 5.78 Å². The van der Waals surface area contributed by atoms with Crippen molar-refractivity contribution in [2.45, 2.75) is 71.8 Å². The minimum atomic E-state index is -2.61. The molecule has 47 heavy (non-hydrogen) atoms. The van der Waals surface area contributed by atoms with Crippen LogP contribution >= 0.6 is 0 Å². The van der Waals surface area contributed by atoms with E-state index in [-0.39, 0.29) is 36.1 Å². The summed E-state index contributed by atoms with van der Waals surface area (Å²) in [4.78, 5) is 39.6. The van der Waals surface area contributed by atoms with E-state index in [1.807, 2.05) is 12.1 Å². The number of methoxy groups -OCH3 is 1. The lowest BCUT2D eigenvalue weighted by molar-refractivity contribution is -0.164. The molecule has 0 bridgehead atoms. The van der Waals surface area contributed by atoms with Gasteiger partial charge in [0.05, 0.1) is 12.7 Å². The Morgan fingerprint density at radius 1 is 0.915 bits per heavy atom. The maximum atomic E-state index is 14.3. The molecule has 0 spiro atoms. The van der Waals surface area contributed by atoms with Crippen molar-refractivity contribution >= 4 is 23.1 Å². The minimum Gasteiger partial charge on any atom is -0.508 e. The zero-order valence-electron chi connectivity index (χ0n) is 27.4. The van der Waals surface area contributed by atoms with Gasteiger partial charge < -0.3 is 25.2 Å². The molecule has 0 saturated heterocycles. The number of aryl methyl sites for hydroxylation is 3. The Kier molecular flexibility index (Phi) is 7.71. The smallest absolute Gasteiger partial charge is 0.203 e. The summed E-state index contributed by atoms with van der Waals surface area (Å²) in [5.74, 6) is -3.53. The van der Waals surface area contributed by atoms with Gasteiger partial charge in [-0.1, -0.05) is 55.8 Å². The van der Waals surface area contributed by atoms with Crippen molar-refractivity contribution in [3.8, 4) is 22.6 Å². The molecule has 0 unspecified atom stereocenters. The number of benzene rings is 3. The molecule has 4 N–H and O–H groups in total. The van der Waals surface area contributed by atoms with Crippen LogP contribution in [0.25, 0.3) is 16.9 Å². The zero-order chi connectivity index (χ0) is 34.1. The Hall–Kier alpha value is -4.69. The number of carbonyl (C=O) groups is 3. The number of Topliss-reactive ketones (excluding diaryl/α,β-unsaturated/α-hetero) is 3. The Morgan fingerprint density at radius 3 is 2.28 bits per heavy atom. The minimum absolute atomic E-state index is 0.0350. The number of hydrogen-bond acceptors (Lipinski definition) is 8. The van der Waals surface area contributed by atoms with Crippen LogP contribution < -0.4 is 4.74 Å². The molecule has 0 aliphatic heterocycles. The standard InChI is InChI=1S/C39H40O8/c1-21-8-6-9-23(16-21)10-7-11-24-12-15-30(47-5)26(17-24)25-13-14-28(41)32-27(25)18-37(3)20-38(4)19-29(42)31(22(2)40)35(44)39(38,46)36(45)33(37)34(32)43/h6,8-9,12-17,41,43-44,46H,7,10-11,18-20H2,1-5H3/t37-,38+,39+/m1/s1. The van der Waals surface area contributed by atoms with E-state index in [1.54, 1.807) is 27.0 Å². The predicted octanol–water partition coefficient (Wildman–Crippen LogP) is 6.47. The number of phenols is 1. The van der Waals surface area contributed by atoms with Crippen LogP contribution in [0.5, 0.6) is 11.5 Å². The number of rotatable bonds is 7. The summed E-state index contributed by atoms with van der Waals surface area (Å²) < 4.78 is 5.77. The highest BCUT2D eigenvalue weighted by molar-refractivity contribution is 6.23. The normalized spacial score (nSPS) is 25.3. The molecule has 0 heterocycles. The van der Waals surface area contributed by atoms with E-state index in [1.165, 1.54) is 17.2 Å². The highest BCUT2D eigenvalue weighted by Crippen LogP contribution is 2.63. The monoisotopic (exact) mass is 636 g/mol. The molecule has 0 radical (unpaired) electrons. The third kappa shape index (κ3) is 4.89. The highest BCUT2D eigenvalue weighted by atomic mass is 16.5. The topological polar surface area (TPSA) is 141 Å². The molecule has 1 saturated carbocycles. The van der Waals surface area contributed by atoms with E-state index in [4.69, 9.17) is 4.74 Å². The number of allylic oxidation sites excluding steroid dienone is 1. The average molecular weight is 637 g/mol. The molecule has 244 valence electrons. The van der Waals surface area contributed by atoms with Gasteiger partial charge in [0.1, 0.15) is 28.6 Å². The van der Waals surface area contributed by atoms with Crippen molar-refractivity contribution in [3.63, 3.8) is 0 Å². The van der Waals surface area contributed by atoms with E-state index in [2.05, 4.69) is 37.3 Å². The largest absolute Gasteiger partial charge is 0.508 e. The van der Waals surface area contributed by atoms with Crippen molar-refractivity contribution in [1.82, 2.24) is 0 Å². The summed E-state index contributed by atoms with van der Waals surface area (Å²) in [6, 6.07) is 17.7. The van der Waals surface area contributed by atoms with Crippen molar-refractivity contribution in [2.75, 3.05) is 7.11 Å². The predicted molar refractivity (Wildman–Crippen MR) is 177 cm³/mol. The highest BCUT2D eigenvalue weighted by Gasteiger charge is 2.68. The van der Waals surface area contributed by atoms with Gasteiger partial charge in [-0.2, -0.15) is 0 Å². The van der Waals surface area contributed by atoms with Crippen LogP contribution in [0.3, 0.4) is 0 Å². The number of aliphatic hydroxyl groups excluding tert-OH is 2. The van der Waals surface area contributed by atoms with E-state index < -0.39 is 50.9 Å². The summed E-state index contributed by atoms with van der Waals surface area (Å²) >= 11 is 0. The lowest BCUT2D eigenvalue weighted by atomic mass is 9.47. The van der Waals surface area contributed by atoms with Crippen molar-refractivity contribution < 1.29 is 39.5 Å². The molecule has 0 aromatic heterocycles. The van der Waals surface area contributed by atoms with Crippen LogP contribution in [0.15, 0.2) is 71.5 Å². The molecule has 8 heteroatoms. The molecule has 3 aliphatic carbocycles. The fourth-order valence-corrected chi connectivity index (χ4v) is 8.39. The first-order valence-corrected chi connectivity index (χ1v) is 15.9. The number of aliphatic hydroxyl groups is 3. The Morgan fingerprint density at radius 2 is 1.62 bits per heavy atom. The summed E-state index contributed by atoms with van der Waals surface area (Å²) in [5, 5.41) is 45.9. The van der Waals surface area contributed by atoms with Crippen LogP contribution in [0.1, 0.15) is 67.9 Å². The van der Waals surface area contributed by atoms with Gasteiger partial charge >= 0.3 is 0 Å². The number of carbonyl (C=O) groups excluding carboxylic acids is 3. The zero-order valence-corrected chi connectivity index (χ0v) is 27.4. The van der Waals surface area contributed by atoms with Gasteiger partial charge in [0, 0.05) is 28.4 Å². The van der Waals surface area contributed by atoms with Gasteiger partial charge in [0.25, 0.3) is 0 Å². The van der Waals surface area contributed by atoms with E-state index in [0.29, 0.717) is 16.9 Å². The quantitative estimate of drug-likeness (QED) is 0.216. The second-order valence-corrected chi connectivity index (χ2v) is 14.0. The lowest BCUT2D eigenvalue weighted by Crippen LogP contribution is -2.65. The number of phenolic OH excluding ortho intramolecular Hbond substituents is 1. The van der Waals surface area contributed by atoms with Crippen LogP contribution in [-0.2, 0) is 33.6 Å². The van der Waals surface area contributed by atoms with Gasteiger partial charge in [-0.15, -0.1) is 0 Å². The SMILES string of the molecule is COc1ccc(CCCc2cccc(C)c2)cc1-c1ccc(O)c2c1C[C@]1(C)C[C@]3(C)CC(=O)C(C(C)=O)=C(O)[C@]3(O)C(=O)C1=C2O. The number of ether oxygens (including phenoxy) is 1. The molecular formula is C39H40O8. The third-order valence-electron chi connectivity index (χ3n) is 10.5. The maximum Gasteiger partial charge on any atom is 0.203 e. The molecule has 3 aliphatic rings. The Balaban J connectivity index is 1.45. The average Bonchev–Trinajstić information content (AvgIpc) is 2.99. The van der Waals surface area contributed by atoms with Gasteiger partial charge in [-0.3, -0.25) is 14.4 Å². The summed E-state index contributed by atoms with van der Waals surface area (Å²) in [6.45, 7) is 6.50. The van der Waals surface area contributed by atoms with E-state index in [0.717, 1.165) is 37.3 Å². The van der Waals surface area contributed by atoms with E-state index >= 15 is 0 Å². The van der Waals surface area contributed by atoms with Crippen LogP contribution in [0.2, 0.25) is 0 Å². The molecular weight excluding hydrogens is 596 g/mol. The summed E-state index contributed by atoms with van der Waals surface area (Å²) in [6.07, 6.45) is 2.56. The molecule has 1 fully saturated rings. The van der Waals surface area contributed by atoms with Gasteiger partial charge in [0.15, 0.2) is 17.2 Å². The Labute approximate surface area is 274 Å². The first-order chi connectivity index (χ1) is 22.1. The molecule has 6 rings (SSSR count). The van der Waals surface area contributed by atoms with Gasteiger partial charge in [-0.05, 0) is 86.4 Å². The fraction of sp³-hybridized carbons (Fsp3) is 0.359. The number of aromatic hydroxyl groups is 1. The molecule has 3 atom stereocenters. The Bertz CT molecular complexity index is 1930. The third-order valence-corrected chi connectivity index (χ3v) is 10.5. The van der Waals surface area contributed by atoms with Crippen LogP contribution in [-0.4, -0.2) is 50.5 Å². The molecule has 8 nitrogen and oxygen atoms in total. The summed E-state index contributed by atoms with van der Waals surface area (Å²) in [5.41, 5.74) is -0.198. The second-order valence-electron chi connectivity index (χ2n) is 14.0. The number of hydrogen-bond donors (Lipinski definition) is 4. The lowest BCUT2D eigenvalue weighted by Gasteiger charge is -2.56. The molecule has 3 aromatic rings. The van der Waals surface area contributed by atoms with Crippen molar-refractivity contribution in [1.29, 1.82) is 0 Å². The van der Waals surface area contributed by atoms with Crippen LogP contribution in [0.4, 0.5) is 0 Å². The first-order valence-electron chi connectivity index (χ1n) is 15.9. The van der Waals surface area contributed by atoms with E-state index in [9.17, 15) is 34.8 Å². The second kappa shape index (κ2) is 11.2. The van der Waals surface area contributed by atoms with Gasteiger partial charge in [-0.25, -0.2) is 0 Å². The first kappa shape index (κ1) is 32.3. The summed E-state index contributed by atoms with van der Waals surface area (Å²) in [7, 11) is 1.58. The molecule has 0 amide bonds. The number of ketones is 3. The van der Waals surface area contributed by atoms with Crippen LogP contribution in [0, 0.1) is 17.8 Å². The molecule has 3 aromatic carbocycles. The maximum absolute atomic E-state index is 14.3.